The number of halogens is 1. The Labute approximate surface area is 144 Å². The number of nitrogens with zero attached hydrogens (tertiary/aromatic N) is 1. The minimum Gasteiger partial charge on any atom is -0.383 e. The van der Waals surface area contributed by atoms with Gasteiger partial charge in [0.05, 0.1) is 11.1 Å². The minimum absolute atomic E-state index is 0.0303. The van der Waals surface area contributed by atoms with Crippen molar-refractivity contribution in [3.05, 3.63) is 34.9 Å². The molecule has 24 heavy (non-hydrogen) atoms. The van der Waals surface area contributed by atoms with Crippen LogP contribution in [0.4, 0.5) is 5.82 Å². The molecule has 1 aromatic carbocycles. The van der Waals surface area contributed by atoms with Crippen molar-refractivity contribution in [1.82, 2.24) is 10.5 Å². The summed E-state index contributed by atoms with van der Waals surface area (Å²) in [5.74, 6) is -0.366. The van der Waals surface area contributed by atoms with Crippen LogP contribution in [0.2, 0.25) is 5.02 Å². The van der Waals surface area contributed by atoms with Crippen LogP contribution < -0.4 is 11.2 Å². The maximum absolute atomic E-state index is 12.9. The molecule has 2 heterocycles. The van der Waals surface area contributed by atoms with Crippen molar-refractivity contribution in [2.75, 3.05) is 12.5 Å². The molecular weight excluding hydrogens is 330 g/mol. The average Bonchev–Trinajstić information content (AvgIpc) is 3.03. The molecule has 126 valence electrons. The third kappa shape index (κ3) is 2.75. The fraction of sp³-hybridized carbons (Fsp3) is 0.412. The van der Waals surface area contributed by atoms with Gasteiger partial charge in [-0.1, -0.05) is 11.6 Å². The summed E-state index contributed by atoms with van der Waals surface area (Å²) in [5, 5.41) is 1.43. The molecule has 6 nitrogen and oxygen atoms in total. The van der Waals surface area contributed by atoms with Crippen LogP contribution in [0, 0.1) is 5.92 Å². The summed E-state index contributed by atoms with van der Waals surface area (Å²) in [7, 11) is 0. The van der Waals surface area contributed by atoms with Crippen LogP contribution in [-0.4, -0.2) is 23.3 Å². The molecule has 1 aliphatic heterocycles. The monoisotopic (exact) mass is 347 g/mol. The second-order valence-electron chi connectivity index (χ2n) is 6.34. The van der Waals surface area contributed by atoms with Gasteiger partial charge in [-0.15, -0.1) is 0 Å². The second kappa shape index (κ2) is 5.97. The van der Waals surface area contributed by atoms with Crippen LogP contribution in [0.15, 0.2) is 24.3 Å². The first-order chi connectivity index (χ1) is 11.6. The van der Waals surface area contributed by atoms with Crippen LogP contribution in [0.3, 0.4) is 0 Å². The van der Waals surface area contributed by atoms with Crippen LogP contribution in [0.5, 0.6) is 0 Å². The first-order valence-corrected chi connectivity index (χ1v) is 8.39. The molecule has 0 amide bonds. The van der Waals surface area contributed by atoms with E-state index in [2.05, 4.69) is 10.5 Å². The van der Waals surface area contributed by atoms with Crippen molar-refractivity contribution < 1.29 is 14.4 Å². The first-order valence-electron chi connectivity index (χ1n) is 8.01. The number of aromatic nitrogens is 1. The van der Waals surface area contributed by atoms with E-state index in [0.717, 1.165) is 10.9 Å². The molecule has 0 bridgehead atoms. The van der Waals surface area contributed by atoms with E-state index in [1.807, 2.05) is 0 Å². The molecule has 3 N–H and O–H groups in total. The highest BCUT2D eigenvalue weighted by Gasteiger charge is 2.42. The van der Waals surface area contributed by atoms with E-state index in [9.17, 15) is 4.79 Å². The molecule has 2 aromatic rings. The minimum atomic E-state index is -0.572. The van der Waals surface area contributed by atoms with E-state index in [-0.39, 0.29) is 17.5 Å². The normalized spacial score (nSPS) is 27.0. The Hall–Kier alpha value is -1.73. The number of nitrogens with two attached hydrogens (primary N) is 1. The van der Waals surface area contributed by atoms with Crippen molar-refractivity contribution in [1.29, 1.82) is 0 Å². The Balaban J connectivity index is 1.58. The maximum atomic E-state index is 12.9. The second-order valence-corrected chi connectivity index (χ2v) is 6.78. The van der Waals surface area contributed by atoms with Gasteiger partial charge >= 0.3 is 0 Å². The lowest BCUT2D eigenvalue weighted by Crippen LogP contribution is -2.37. The summed E-state index contributed by atoms with van der Waals surface area (Å²) >= 11 is 6.03. The van der Waals surface area contributed by atoms with Crippen LogP contribution in [0.1, 0.15) is 36.0 Å². The predicted octanol–water partition coefficient (Wildman–Crippen LogP) is 3.05. The molecule has 1 spiro atoms. The quantitative estimate of drug-likeness (QED) is 0.812. The third-order valence-electron chi connectivity index (χ3n) is 4.84. The number of fused-ring (bicyclic) bond motifs is 1. The smallest absolute Gasteiger partial charge is 0.189 e. The SMILES string of the molecule is Nc1nc2ccc(Cl)cc2cc1C(=O)C1CCC2(CC1)OCNO2. The summed E-state index contributed by atoms with van der Waals surface area (Å²) in [6.45, 7) is 0.390. The van der Waals surface area contributed by atoms with Gasteiger partial charge in [-0.2, -0.15) is 5.48 Å². The van der Waals surface area contributed by atoms with Gasteiger partial charge < -0.3 is 10.5 Å². The first kappa shape index (κ1) is 15.8. The van der Waals surface area contributed by atoms with Gasteiger partial charge in [-0.3, -0.25) is 9.63 Å². The molecule has 1 aliphatic carbocycles. The third-order valence-corrected chi connectivity index (χ3v) is 5.08. The molecule has 0 radical (unpaired) electrons. The highest BCUT2D eigenvalue weighted by atomic mass is 35.5. The molecule has 1 saturated carbocycles. The number of hydroxylamine groups is 1. The van der Waals surface area contributed by atoms with Gasteiger partial charge in [-0.05, 0) is 37.1 Å². The van der Waals surface area contributed by atoms with Crippen molar-refractivity contribution >= 4 is 34.1 Å². The summed E-state index contributed by atoms with van der Waals surface area (Å²) in [5.41, 5.74) is 9.97. The number of rotatable bonds is 2. The number of ketones is 1. The average molecular weight is 348 g/mol. The van der Waals surface area contributed by atoms with Crippen LogP contribution >= 0.6 is 11.6 Å². The zero-order valence-corrected chi connectivity index (χ0v) is 13.8. The number of anilines is 1. The Morgan fingerprint density at radius 3 is 2.83 bits per heavy atom. The number of carbonyl (C=O) groups is 1. The van der Waals surface area contributed by atoms with Crippen LogP contribution in [0.25, 0.3) is 10.9 Å². The molecule has 1 saturated heterocycles. The molecular formula is C17H18ClN3O3. The number of hydrogen-bond donors (Lipinski definition) is 2. The Morgan fingerprint density at radius 1 is 1.33 bits per heavy atom. The van der Waals surface area contributed by atoms with E-state index < -0.39 is 5.79 Å². The lowest BCUT2D eigenvalue weighted by atomic mass is 9.81. The van der Waals surface area contributed by atoms with E-state index in [1.165, 1.54) is 0 Å². The molecule has 1 aromatic heterocycles. The van der Waals surface area contributed by atoms with E-state index >= 15 is 0 Å². The molecule has 0 unspecified atom stereocenters. The van der Waals surface area contributed by atoms with Crippen molar-refractivity contribution in [3.8, 4) is 0 Å². The fourth-order valence-electron chi connectivity index (χ4n) is 3.50. The zero-order chi connectivity index (χ0) is 16.7. The fourth-order valence-corrected chi connectivity index (χ4v) is 3.68. The Kier molecular flexibility index (Phi) is 3.92. The molecule has 2 fully saturated rings. The van der Waals surface area contributed by atoms with E-state index in [4.69, 9.17) is 26.9 Å². The van der Waals surface area contributed by atoms with E-state index in [0.29, 0.717) is 43.0 Å². The Bertz CT molecular complexity index is 795. The topological polar surface area (TPSA) is 86.5 Å². The number of nitrogen functional groups attached to an aromatic ring is 1. The predicted molar refractivity (Wildman–Crippen MR) is 90.4 cm³/mol. The number of benzene rings is 1. The van der Waals surface area contributed by atoms with E-state index in [1.54, 1.807) is 24.3 Å². The number of pyridine rings is 1. The highest BCUT2D eigenvalue weighted by molar-refractivity contribution is 6.31. The summed E-state index contributed by atoms with van der Waals surface area (Å²) < 4.78 is 5.61. The zero-order valence-electron chi connectivity index (χ0n) is 13.0. The maximum Gasteiger partial charge on any atom is 0.189 e. The molecule has 0 atom stereocenters. The molecule has 7 heteroatoms. The lowest BCUT2D eigenvalue weighted by Gasteiger charge is -2.33. The van der Waals surface area contributed by atoms with Crippen molar-refractivity contribution in [2.24, 2.45) is 5.92 Å². The van der Waals surface area contributed by atoms with Crippen molar-refractivity contribution in [2.45, 2.75) is 31.5 Å². The van der Waals surface area contributed by atoms with Gasteiger partial charge in [0.25, 0.3) is 0 Å². The van der Waals surface area contributed by atoms with Gasteiger partial charge in [0.15, 0.2) is 11.6 Å². The van der Waals surface area contributed by atoms with Gasteiger partial charge in [0.1, 0.15) is 12.5 Å². The number of Topliss-reactive ketones (excluding diaryl/α,β-unsaturated/α-hetero) is 1. The largest absolute Gasteiger partial charge is 0.383 e. The summed E-state index contributed by atoms with van der Waals surface area (Å²) in [4.78, 5) is 22.7. The summed E-state index contributed by atoms with van der Waals surface area (Å²) in [6.07, 6.45) is 2.77. The Morgan fingerprint density at radius 2 is 2.12 bits per heavy atom. The number of carbonyl (C=O) groups excluding carboxylic acids is 1. The standard InChI is InChI=1S/C17H18ClN3O3/c18-12-1-2-14-11(7-12)8-13(16(19)21-14)15(22)10-3-5-17(6-4-10)23-9-20-24-17/h1-2,7-8,10,20H,3-6,9H2,(H2,19,21). The van der Waals surface area contributed by atoms with Crippen LogP contribution in [-0.2, 0) is 9.57 Å². The van der Waals surface area contributed by atoms with Crippen molar-refractivity contribution in [3.63, 3.8) is 0 Å². The molecule has 4 rings (SSSR count). The number of nitrogens with one attached hydrogen (secondary N) is 1. The van der Waals surface area contributed by atoms with Gasteiger partial charge in [0, 0.05) is 29.2 Å². The van der Waals surface area contributed by atoms with Gasteiger partial charge in [-0.25, -0.2) is 4.98 Å². The van der Waals surface area contributed by atoms with Gasteiger partial charge in [0.2, 0.25) is 0 Å². The molecule has 2 aliphatic rings. The number of hydrogen-bond acceptors (Lipinski definition) is 6. The lowest BCUT2D eigenvalue weighted by molar-refractivity contribution is -0.194. The highest BCUT2D eigenvalue weighted by Crippen LogP contribution is 2.39. The summed E-state index contributed by atoms with van der Waals surface area (Å²) in [6, 6.07) is 7.14. The number of ether oxygens (including phenoxy) is 1.